The summed E-state index contributed by atoms with van der Waals surface area (Å²) in [5, 5.41) is 3.59. The Morgan fingerprint density at radius 1 is 1.23 bits per heavy atom. The molecule has 2 nitrogen and oxygen atoms in total. The minimum atomic E-state index is 0.537. The van der Waals surface area contributed by atoms with Crippen molar-refractivity contribution >= 4 is 0 Å². The van der Waals surface area contributed by atoms with Gasteiger partial charge in [0.2, 0.25) is 0 Å². The second-order valence-electron chi connectivity index (χ2n) is 4.25. The first kappa shape index (κ1) is 11.0. The van der Waals surface area contributed by atoms with E-state index in [4.69, 9.17) is 4.74 Å². The van der Waals surface area contributed by atoms with Crippen LogP contribution in [-0.4, -0.2) is 24.8 Å². The molecular formula is C11H23NO. The van der Waals surface area contributed by atoms with Gasteiger partial charge in [-0.05, 0) is 32.6 Å². The molecule has 0 atom stereocenters. The number of ether oxygens (including phenoxy) is 1. The van der Waals surface area contributed by atoms with Crippen molar-refractivity contribution in [3.05, 3.63) is 0 Å². The summed E-state index contributed by atoms with van der Waals surface area (Å²) in [5.41, 5.74) is 0. The first-order valence-corrected chi connectivity index (χ1v) is 5.60. The molecule has 0 aromatic carbocycles. The molecule has 0 unspecified atom stereocenters. The normalized spacial score (nSPS) is 29.5. The Hall–Kier alpha value is -0.0800. The summed E-state index contributed by atoms with van der Waals surface area (Å²) in [7, 11) is 0. The van der Waals surface area contributed by atoms with Crippen molar-refractivity contribution in [2.75, 3.05) is 6.61 Å². The third kappa shape index (κ3) is 4.10. The van der Waals surface area contributed by atoms with E-state index in [1.54, 1.807) is 0 Å². The molecular weight excluding hydrogens is 162 g/mol. The maximum absolute atomic E-state index is 5.61. The van der Waals surface area contributed by atoms with Gasteiger partial charge in [0.05, 0.1) is 6.10 Å². The largest absolute Gasteiger partial charge is 0.379 e. The van der Waals surface area contributed by atoms with Crippen LogP contribution in [0.1, 0.15) is 46.5 Å². The zero-order chi connectivity index (χ0) is 9.68. The topological polar surface area (TPSA) is 21.3 Å². The highest BCUT2D eigenvalue weighted by molar-refractivity contribution is 4.78. The van der Waals surface area contributed by atoms with Gasteiger partial charge in [-0.25, -0.2) is 0 Å². The monoisotopic (exact) mass is 185 g/mol. The van der Waals surface area contributed by atoms with Crippen LogP contribution in [0.15, 0.2) is 0 Å². The molecule has 0 aliphatic heterocycles. The molecule has 1 rings (SSSR count). The van der Waals surface area contributed by atoms with Crippen LogP contribution in [0.2, 0.25) is 0 Å². The van der Waals surface area contributed by atoms with E-state index in [1.807, 2.05) is 0 Å². The summed E-state index contributed by atoms with van der Waals surface area (Å²) in [6, 6.07) is 1.35. The molecule has 0 saturated heterocycles. The summed E-state index contributed by atoms with van der Waals surface area (Å²) >= 11 is 0. The van der Waals surface area contributed by atoms with Crippen LogP contribution in [0.5, 0.6) is 0 Å². The maximum Gasteiger partial charge on any atom is 0.0576 e. The molecule has 78 valence electrons. The van der Waals surface area contributed by atoms with Crippen LogP contribution < -0.4 is 5.32 Å². The Morgan fingerprint density at radius 2 is 1.85 bits per heavy atom. The highest BCUT2D eigenvalue weighted by Crippen LogP contribution is 2.21. The van der Waals surface area contributed by atoms with Gasteiger partial charge in [0, 0.05) is 18.7 Å². The Kier molecular flexibility index (Phi) is 4.74. The number of hydrogen-bond acceptors (Lipinski definition) is 2. The van der Waals surface area contributed by atoms with E-state index >= 15 is 0 Å². The van der Waals surface area contributed by atoms with Crippen LogP contribution in [0.4, 0.5) is 0 Å². The fourth-order valence-electron chi connectivity index (χ4n) is 2.10. The predicted octanol–water partition coefficient (Wildman–Crippen LogP) is 2.33. The zero-order valence-electron chi connectivity index (χ0n) is 9.18. The van der Waals surface area contributed by atoms with Gasteiger partial charge in [0.1, 0.15) is 0 Å². The lowest BCUT2D eigenvalue weighted by Gasteiger charge is -2.30. The Labute approximate surface area is 82.0 Å². The minimum absolute atomic E-state index is 0.537. The summed E-state index contributed by atoms with van der Waals surface area (Å²) in [6.07, 6.45) is 5.57. The molecule has 1 saturated carbocycles. The summed E-state index contributed by atoms with van der Waals surface area (Å²) in [6.45, 7) is 7.38. The summed E-state index contributed by atoms with van der Waals surface area (Å²) in [4.78, 5) is 0. The van der Waals surface area contributed by atoms with Gasteiger partial charge in [-0.2, -0.15) is 0 Å². The maximum atomic E-state index is 5.61. The molecule has 0 spiro atoms. The van der Waals surface area contributed by atoms with Crippen molar-refractivity contribution in [1.29, 1.82) is 0 Å². The van der Waals surface area contributed by atoms with E-state index in [0.29, 0.717) is 12.1 Å². The molecule has 2 heteroatoms. The molecule has 13 heavy (non-hydrogen) atoms. The Balaban J connectivity index is 2.15. The molecule has 0 bridgehead atoms. The molecule has 0 aromatic heterocycles. The van der Waals surface area contributed by atoms with Crippen LogP contribution in [-0.2, 0) is 4.74 Å². The molecule has 1 aliphatic rings. The standard InChI is InChI=1S/C11H23NO/c1-4-13-11-7-5-10(6-8-11)12-9(2)3/h9-12H,4-8H2,1-3H3. The number of hydrogen-bond donors (Lipinski definition) is 1. The van der Waals surface area contributed by atoms with Crippen molar-refractivity contribution in [1.82, 2.24) is 5.32 Å². The van der Waals surface area contributed by atoms with Crippen LogP contribution in [0.25, 0.3) is 0 Å². The first-order chi connectivity index (χ1) is 6.22. The fraction of sp³-hybridized carbons (Fsp3) is 1.00. The van der Waals surface area contributed by atoms with E-state index < -0.39 is 0 Å². The van der Waals surface area contributed by atoms with E-state index in [2.05, 4.69) is 26.1 Å². The minimum Gasteiger partial charge on any atom is -0.379 e. The molecule has 0 radical (unpaired) electrons. The van der Waals surface area contributed by atoms with Crippen molar-refractivity contribution in [3.63, 3.8) is 0 Å². The highest BCUT2D eigenvalue weighted by Gasteiger charge is 2.21. The smallest absolute Gasteiger partial charge is 0.0576 e. The Morgan fingerprint density at radius 3 is 2.31 bits per heavy atom. The summed E-state index contributed by atoms with van der Waals surface area (Å²) in [5.74, 6) is 0. The lowest BCUT2D eigenvalue weighted by molar-refractivity contribution is 0.0297. The summed E-state index contributed by atoms with van der Waals surface area (Å²) < 4.78 is 5.61. The van der Waals surface area contributed by atoms with Crippen LogP contribution >= 0.6 is 0 Å². The SMILES string of the molecule is CCOC1CCC(NC(C)C)CC1. The van der Waals surface area contributed by atoms with Gasteiger partial charge in [-0.1, -0.05) is 13.8 Å². The second-order valence-corrected chi connectivity index (χ2v) is 4.25. The average molecular weight is 185 g/mol. The van der Waals surface area contributed by atoms with Crippen molar-refractivity contribution < 1.29 is 4.74 Å². The average Bonchev–Trinajstić information content (AvgIpc) is 2.08. The molecule has 1 aliphatic carbocycles. The van der Waals surface area contributed by atoms with Gasteiger partial charge in [0.15, 0.2) is 0 Å². The van der Waals surface area contributed by atoms with Crippen molar-refractivity contribution in [2.45, 2.75) is 64.6 Å². The third-order valence-corrected chi connectivity index (χ3v) is 2.65. The van der Waals surface area contributed by atoms with Crippen molar-refractivity contribution in [3.8, 4) is 0 Å². The van der Waals surface area contributed by atoms with Gasteiger partial charge in [-0.15, -0.1) is 0 Å². The molecule has 1 fully saturated rings. The number of nitrogens with one attached hydrogen (secondary N) is 1. The highest BCUT2D eigenvalue weighted by atomic mass is 16.5. The van der Waals surface area contributed by atoms with Gasteiger partial charge in [0.25, 0.3) is 0 Å². The van der Waals surface area contributed by atoms with E-state index in [9.17, 15) is 0 Å². The third-order valence-electron chi connectivity index (χ3n) is 2.65. The van der Waals surface area contributed by atoms with Gasteiger partial charge >= 0.3 is 0 Å². The van der Waals surface area contributed by atoms with Crippen molar-refractivity contribution in [2.24, 2.45) is 0 Å². The lowest BCUT2D eigenvalue weighted by Crippen LogP contribution is -2.39. The zero-order valence-corrected chi connectivity index (χ0v) is 9.18. The molecule has 0 heterocycles. The van der Waals surface area contributed by atoms with Gasteiger partial charge < -0.3 is 10.1 Å². The van der Waals surface area contributed by atoms with Gasteiger partial charge in [-0.3, -0.25) is 0 Å². The van der Waals surface area contributed by atoms with E-state index in [1.165, 1.54) is 25.7 Å². The molecule has 0 amide bonds. The number of rotatable bonds is 4. The molecule has 1 N–H and O–H groups in total. The predicted molar refractivity (Wildman–Crippen MR) is 55.9 cm³/mol. The van der Waals surface area contributed by atoms with Crippen LogP contribution in [0.3, 0.4) is 0 Å². The van der Waals surface area contributed by atoms with E-state index in [0.717, 1.165) is 12.6 Å². The second kappa shape index (κ2) is 5.61. The van der Waals surface area contributed by atoms with Crippen LogP contribution in [0, 0.1) is 0 Å². The first-order valence-electron chi connectivity index (χ1n) is 5.60. The quantitative estimate of drug-likeness (QED) is 0.726. The molecule has 0 aromatic rings. The Bertz CT molecular complexity index is 128. The van der Waals surface area contributed by atoms with E-state index in [-0.39, 0.29) is 0 Å². The fourth-order valence-corrected chi connectivity index (χ4v) is 2.10. The lowest BCUT2D eigenvalue weighted by atomic mass is 9.92.